The lowest BCUT2D eigenvalue weighted by Crippen LogP contribution is -2.65. The predicted octanol–water partition coefficient (Wildman–Crippen LogP) is 4.08. The molecular formula is C25H35N3O4. The number of nitrogens with one attached hydrogen (secondary N) is 1. The number of fused-ring (bicyclic) bond motifs is 1. The molecule has 1 N–H and O–H groups in total. The van der Waals surface area contributed by atoms with Crippen molar-refractivity contribution in [1.29, 1.82) is 0 Å². The number of amides is 2. The van der Waals surface area contributed by atoms with Gasteiger partial charge in [0.2, 0.25) is 5.91 Å². The normalized spacial score (nSPS) is 25.6. The van der Waals surface area contributed by atoms with Crippen LogP contribution in [-0.2, 0) is 16.1 Å². The standard InChI is InChI=1S/C25H35N3O4/c1-4-31-15-8-14-28-23(29)21-13-12-20(22-11-7-16-32-22)27(21)17-25(28,3)24(30)26-19-10-6-5-9-18(19)2/h7,11-13,16,18-19H,4-6,8-10,14-15,17H2,1-3H3,(H,26,30)/t18-,19+,25+/m0/s1. The average molecular weight is 442 g/mol. The first kappa shape index (κ1) is 22.6. The smallest absolute Gasteiger partial charge is 0.271 e. The number of furan rings is 1. The van der Waals surface area contributed by atoms with Crippen molar-refractivity contribution in [3.05, 3.63) is 36.2 Å². The Morgan fingerprint density at radius 3 is 2.75 bits per heavy atom. The van der Waals surface area contributed by atoms with E-state index in [1.165, 1.54) is 6.42 Å². The summed E-state index contributed by atoms with van der Waals surface area (Å²) in [4.78, 5) is 29.1. The molecule has 1 saturated carbocycles. The molecule has 32 heavy (non-hydrogen) atoms. The number of hydrogen-bond donors (Lipinski definition) is 1. The zero-order chi connectivity index (χ0) is 22.7. The van der Waals surface area contributed by atoms with Crippen LogP contribution in [0.2, 0.25) is 0 Å². The zero-order valence-electron chi connectivity index (χ0n) is 19.4. The van der Waals surface area contributed by atoms with Gasteiger partial charge in [0.15, 0.2) is 0 Å². The molecule has 0 radical (unpaired) electrons. The Morgan fingerprint density at radius 1 is 1.25 bits per heavy atom. The minimum absolute atomic E-state index is 0.0780. The highest BCUT2D eigenvalue weighted by Crippen LogP contribution is 2.34. The van der Waals surface area contributed by atoms with Crippen LogP contribution >= 0.6 is 0 Å². The molecule has 0 spiro atoms. The Hall–Kier alpha value is -2.54. The van der Waals surface area contributed by atoms with Crippen LogP contribution in [0.25, 0.3) is 11.5 Å². The molecular weight excluding hydrogens is 406 g/mol. The molecule has 1 fully saturated rings. The van der Waals surface area contributed by atoms with Crippen molar-refractivity contribution in [2.75, 3.05) is 19.8 Å². The van der Waals surface area contributed by atoms with E-state index in [0.717, 1.165) is 25.0 Å². The van der Waals surface area contributed by atoms with Crippen molar-refractivity contribution in [2.45, 2.75) is 71.0 Å². The van der Waals surface area contributed by atoms with Gasteiger partial charge in [0.1, 0.15) is 17.0 Å². The molecule has 0 bridgehead atoms. The summed E-state index contributed by atoms with van der Waals surface area (Å²) in [6.07, 6.45) is 6.78. The van der Waals surface area contributed by atoms with E-state index in [1.54, 1.807) is 11.2 Å². The molecule has 0 unspecified atom stereocenters. The van der Waals surface area contributed by atoms with Gasteiger partial charge in [0.05, 0.1) is 18.5 Å². The molecule has 3 heterocycles. The van der Waals surface area contributed by atoms with Gasteiger partial charge in [-0.2, -0.15) is 0 Å². The van der Waals surface area contributed by atoms with Gasteiger partial charge in [-0.3, -0.25) is 9.59 Å². The molecule has 2 amide bonds. The van der Waals surface area contributed by atoms with E-state index < -0.39 is 5.54 Å². The molecule has 3 atom stereocenters. The predicted molar refractivity (Wildman–Crippen MR) is 122 cm³/mol. The van der Waals surface area contributed by atoms with Crippen molar-refractivity contribution in [2.24, 2.45) is 5.92 Å². The van der Waals surface area contributed by atoms with E-state index in [2.05, 4.69) is 12.2 Å². The lowest BCUT2D eigenvalue weighted by Gasteiger charge is -2.45. The maximum absolute atomic E-state index is 13.7. The van der Waals surface area contributed by atoms with E-state index in [-0.39, 0.29) is 17.9 Å². The van der Waals surface area contributed by atoms with Gasteiger partial charge in [-0.15, -0.1) is 0 Å². The first-order valence-corrected chi connectivity index (χ1v) is 11.9. The maximum atomic E-state index is 13.7. The molecule has 1 aliphatic heterocycles. The second kappa shape index (κ2) is 9.53. The number of aromatic nitrogens is 1. The Kier molecular flexibility index (Phi) is 6.74. The van der Waals surface area contributed by atoms with E-state index in [1.807, 2.05) is 42.7 Å². The molecule has 0 saturated heterocycles. The lowest BCUT2D eigenvalue weighted by atomic mass is 9.85. The van der Waals surface area contributed by atoms with Crippen LogP contribution in [0, 0.1) is 5.92 Å². The third-order valence-corrected chi connectivity index (χ3v) is 7.07. The summed E-state index contributed by atoms with van der Waals surface area (Å²) in [6.45, 7) is 8.12. The fourth-order valence-corrected chi connectivity index (χ4v) is 5.09. The number of carbonyl (C=O) groups is 2. The Morgan fingerprint density at radius 2 is 2.03 bits per heavy atom. The fraction of sp³-hybridized carbons (Fsp3) is 0.600. The van der Waals surface area contributed by atoms with Crippen LogP contribution in [0.5, 0.6) is 0 Å². The number of nitrogens with zero attached hydrogens (tertiary/aromatic N) is 2. The second-order valence-corrected chi connectivity index (χ2v) is 9.29. The Labute approximate surface area is 190 Å². The number of rotatable bonds is 8. The quantitative estimate of drug-likeness (QED) is 0.626. The Balaban J connectivity index is 1.64. The van der Waals surface area contributed by atoms with Gasteiger partial charge >= 0.3 is 0 Å². The summed E-state index contributed by atoms with van der Waals surface area (Å²) in [6, 6.07) is 7.59. The first-order valence-electron chi connectivity index (χ1n) is 11.9. The van der Waals surface area contributed by atoms with Crippen LogP contribution in [-0.4, -0.2) is 52.6 Å². The highest BCUT2D eigenvalue weighted by Gasteiger charge is 2.48. The molecule has 2 aliphatic rings. The Bertz CT molecular complexity index is 935. The van der Waals surface area contributed by atoms with E-state index in [4.69, 9.17) is 9.15 Å². The molecule has 7 heteroatoms. The monoisotopic (exact) mass is 441 g/mol. The summed E-state index contributed by atoms with van der Waals surface area (Å²) in [5, 5.41) is 3.31. The zero-order valence-corrected chi connectivity index (χ0v) is 19.4. The molecule has 2 aromatic rings. The minimum atomic E-state index is -0.992. The summed E-state index contributed by atoms with van der Waals surface area (Å²) in [7, 11) is 0. The largest absolute Gasteiger partial charge is 0.463 e. The van der Waals surface area contributed by atoms with Gasteiger partial charge in [0.25, 0.3) is 5.91 Å². The maximum Gasteiger partial charge on any atom is 0.271 e. The fourth-order valence-electron chi connectivity index (χ4n) is 5.09. The van der Waals surface area contributed by atoms with Gasteiger partial charge in [-0.05, 0) is 63.3 Å². The van der Waals surface area contributed by atoms with Gasteiger partial charge in [-0.25, -0.2) is 0 Å². The van der Waals surface area contributed by atoms with Crippen molar-refractivity contribution >= 4 is 11.8 Å². The van der Waals surface area contributed by atoms with Gasteiger partial charge in [-0.1, -0.05) is 19.8 Å². The molecule has 2 aromatic heterocycles. The lowest BCUT2D eigenvalue weighted by molar-refractivity contribution is -0.134. The third-order valence-electron chi connectivity index (χ3n) is 7.07. The van der Waals surface area contributed by atoms with Crippen molar-refractivity contribution in [3.8, 4) is 11.5 Å². The summed E-state index contributed by atoms with van der Waals surface area (Å²) in [5.74, 6) is 0.936. The van der Waals surface area contributed by atoms with Gasteiger partial charge < -0.3 is 23.9 Å². The molecule has 7 nitrogen and oxygen atoms in total. The van der Waals surface area contributed by atoms with Crippen LogP contribution in [0.4, 0.5) is 0 Å². The second-order valence-electron chi connectivity index (χ2n) is 9.29. The van der Waals surface area contributed by atoms with Crippen LogP contribution < -0.4 is 5.32 Å². The van der Waals surface area contributed by atoms with Gasteiger partial charge in [0, 0.05) is 25.8 Å². The first-order chi connectivity index (χ1) is 15.5. The topological polar surface area (TPSA) is 76.7 Å². The number of carbonyl (C=O) groups excluding carboxylic acids is 2. The SMILES string of the molecule is CCOCCCN1C(=O)c2ccc(-c3ccco3)n2C[C@]1(C)C(=O)N[C@@H]1CCCC[C@@H]1C. The van der Waals surface area contributed by atoms with E-state index >= 15 is 0 Å². The molecule has 1 aliphatic carbocycles. The number of hydrogen-bond acceptors (Lipinski definition) is 4. The third kappa shape index (κ3) is 4.22. The summed E-state index contributed by atoms with van der Waals surface area (Å²) >= 11 is 0. The van der Waals surface area contributed by atoms with Crippen molar-refractivity contribution < 1.29 is 18.7 Å². The van der Waals surface area contributed by atoms with Crippen LogP contribution in [0.1, 0.15) is 63.4 Å². The highest BCUT2D eigenvalue weighted by molar-refractivity contribution is 6.00. The molecule has 0 aromatic carbocycles. The average Bonchev–Trinajstić information content (AvgIpc) is 3.44. The summed E-state index contributed by atoms with van der Waals surface area (Å²) < 4.78 is 13.0. The van der Waals surface area contributed by atoms with E-state index in [0.29, 0.717) is 50.1 Å². The van der Waals surface area contributed by atoms with Crippen molar-refractivity contribution in [3.63, 3.8) is 0 Å². The number of ether oxygens (including phenoxy) is 1. The van der Waals surface area contributed by atoms with Crippen LogP contribution in [0.3, 0.4) is 0 Å². The molecule has 174 valence electrons. The highest BCUT2D eigenvalue weighted by atomic mass is 16.5. The van der Waals surface area contributed by atoms with Crippen LogP contribution in [0.15, 0.2) is 34.9 Å². The summed E-state index contributed by atoms with van der Waals surface area (Å²) in [5.41, 5.74) is 0.412. The van der Waals surface area contributed by atoms with E-state index in [9.17, 15) is 9.59 Å². The van der Waals surface area contributed by atoms with Crippen molar-refractivity contribution in [1.82, 2.24) is 14.8 Å². The molecule has 4 rings (SSSR count). The minimum Gasteiger partial charge on any atom is -0.463 e.